The molecule has 0 aromatic rings. The maximum atomic E-state index is 12.5. The van der Waals surface area contributed by atoms with Gasteiger partial charge in [0.05, 0.1) is 0 Å². The smallest absolute Gasteiger partial charge is 0.305 e. The third kappa shape index (κ3) is 4.19. The van der Waals surface area contributed by atoms with Crippen molar-refractivity contribution >= 4 is 0 Å². The van der Waals surface area contributed by atoms with Crippen LogP contribution in [0.5, 0.6) is 0 Å². The van der Waals surface area contributed by atoms with Gasteiger partial charge in [-0.2, -0.15) is 13.2 Å². The van der Waals surface area contributed by atoms with Gasteiger partial charge in [-0.3, -0.25) is 0 Å². The van der Waals surface area contributed by atoms with E-state index in [9.17, 15) is 13.2 Å². The molecule has 1 unspecified atom stereocenters. The van der Waals surface area contributed by atoms with Crippen LogP contribution >= 0.6 is 0 Å². The van der Waals surface area contributed by atoms with Crippen LogP contribution in [-0.4, -0.2) is 31.2 Å². The molecule has 1 nitrogen and oxygen atoms in total. The quantitative estimate of drug-likeness (QED) is 0.717. The SMILES string of the molecule is CC/C(=C\C=C1\CCN(C)CC1C)C(F)(F)F. The minimum absolute atomic E-state index is 0.0293. The molecule has 4 heteroatoms. The van der Waals surface area contributed by atoms with Crippen molar-refractivity contribution in [2.24, 2.45) is 5.92 Å². The van der Waals surface area contributed by atoms with E-state index in [4.69, 9.17) is 0 Å². The van der Waals surface area contributed by atoms with Crippen LogP contribution in [0.2, 0.25) is 0 Å². The van der Waals surface area contributed by atoms with E-state index in [1.807, 2.05) is 7.05 Å². The van der Waals surface area contributed by atoms with Crippen molar-refractivity contribution in [1.82, 2.24) is 4.90 Å². The lowest BCUT2D eigenvalue weighted by Crippen LogP contribution is -2.32. The highest BCUT2D eigenvalue weighted by Gasteiger charge is 2.31. The van der Waals surface area contributed by atoms with E-state index >= 15 is 0 Å². The van der Waals surface area contributed by atoms with Gasteiger partial charge in [-0.05, 0) is 25.8 Å². The molecular formula is C13H20F3N. The Hall–Kier alpha value is -0.770. The van der Waals surface area contributed by atoms with Crippen LogP contribution in [0.25, 0.3) is 0 Å². The molecule has 1 rings (SSSR count). The largest absolute Gasteiger partial charge is 0.412 e. The molecule has 0 amide bonds. The van der Waals surface area contributed by atoms with Crippen molar-refractivity contribution in [1.29, 1.82) is 0 Å². The van der Waals surface area contributed by atoms with E-state index in [-0.39, 0.29) is 6.42 Å². The number of rotatable bonds is 2. The molecule has 1 atom stereocenters. The molecule has 0 spiro atoms. The molecule has 0 aromatic heterocycles. The van der Waals surface area contributed by atoms with Gasteiger partial charge in [0, 0.05) is 18.7 Å². The summed E-state index contributed by atoms with van der Waals surface area (Å²) in [6, 6.07) is 0. The van der Waals surface area contributed by atoms with Gasteiger partial charge < -0.3 is 4.90 Å². The van der Waals surface area contributed by atoms with E-state index in [0.29, 0.717) is 5.92 Å². The first kappa shape index (κ1) is 14.3. The Morgan fingerprint density at radius 3 is 2.59 bits per heavy atom. The van der Waals surface area contributed by atoms with Crippen LogP contribution in [0.3, 0.4) is 0 Å². The first-order chi connectivity index (χ1) is 7.84. The zero-order valence-electron chi connectivity index (χ0n) is 10.6. The predicted molar refractivity (Wildman–Crippen MR) is 63.8 cm³/mol. The fraction of sp³-hybridized carbons (Fsp3) is 0.692. The molecular weight excluding hydrogens is 227 g/mol. The normalized spacial score (nSPS) is 26.6. The maximum Gasteiger partial charge on any atom is 0.412 e. The Labute approximate surface area is 101 Å². The lowest BCUT2D eigenvalue weighted by Gasteiger charge is -2.29. The van der Waals surface area contributed by atoms with Crippen LogP contribution in [0.4, 0.5) is 13.2 Å². The number of likely N-dealkylation sites (tertiary alicyclic amines) is 1. The summed E-state index contributed by atoms with van der Waals surface area (Å²) in [7, 11) is 2.04. The number of allylic oxidation sites excluding steroid dienone is 3. The Bertz CT molecular complexity index is 315. The van der Waals surface area contributed by atoms with Crippen molar-refractivity contribution in [3.05, 3.63) is 23.3 Å². The van der Waals surface area contributed by atoms with Crippen molar-refractivity contribution in [2.45, 2.75) is 32.9 Å². The van der Waals surface area contributed by atoms with Gasteiger partial charge in [-0.15, -0.1) is 0 Å². The van der Waals surface area contributed by atoms with E-state index in [1.54, 1.807) is 6.08 Å². The van der Waals surface area contributed by atoms with Crippen LogP contribution in [0, 0.1) is 5.92 Å². The molecule has 0 bridgehead atoms. The number of alkyl halides is 3. The molecule has 0 saturated carbocycles. The molecule has 1 fully saturated rings. The number of hydrogen-bond acceptors (Lipinski definition) is 1. The van der Waals surface area contributed by atoms with Gasteiger partial charge in [-0.25, -0.2) is 0 Å². The van der Waals surface area contributed by atoms with Crippen molar-refractivity contribution in [3.63, 3.8) is 0 Å². The summed E-state index contributed by atoms with van der Waals surface area (Å²) in [6.07, 6.45) is -0.383. The fourth-order valence-electron chi connectivity index (χ4n) is 2.11. The van der Waals surface area contributed by atoms with E-state index in [0.717, 1.165) is 25.1 Å². The number of nitrogens with zero attached hydrogens (tertiary/aromatic N) is 1. The molecule has 1 heterocycles. The second-order valence-electron chi connectivity index (χ2n) is 4.70. The van der Waals surface area contributed by atoms with Crippen LogP contribution < -0.4 is 0 Å². The third-order valence-electron chi connectivity index (χ3n) is 3.24. The van der Waals surface area contributed by atoms with E-state index in [2.05, 4.69) is 11.8 Å². The van der Waals surface area contributed by atoms with Crippen LogP contribution in [0.1, 0.15) is 26.7 Å². The van der Waals surface area contributed by atoms with Crippen molar-refractivity contribution in [3.8, 4) is 0 Å². The Kier molecular flexibility index (Phi) is 4.80. The minimum atomic E-state index is -4.19. The molecule has 0 aliphatic carbocycles. The van der Waals surface area contributed by atoms with E-state index in [1.165, 1.54) is 13.0 Å². The standard InChI is InChI=1S/C13H20F3N/c1-4-12(13(14,15)16)6-5-11-7-8-17(3)9-10(11)2/h5-6,10H,4,7-9H2,1-3H3/b11-5-,12-6+. The first-order valence-corrected chi connectivity index (χ1v) is 6.00. The van der Waals surface area contributed by atoms with Gasteiger partial charge in [0.1, 0.15) is 0 Å². The molecule has 1 aliphatic heterocycles. The van der Waals surface area contributed by atoms with Crippen LogP contribution in [0.15, 0.2) is 23.3 Å². The first-order valence-electron chi connectivity index (χ1n) is 6.00. The van der Waals surface area contributed by atoms with E-state index < -0.39 is 11.7 Å². The average molecular weight is 247 g/mol. The molecule has 0 N–H and O–H groups in total. The summed E-state index contributed by atoms with van der Waals surface area (Å²) >= 11 is 0. The van der Waals surface area contributed by atoms with Gasteiger partial charge >= 0.3 is 6.18 Å². The van der Waals surface area contributed by atoms with Gasteiger partial charge in [0.25, 0.3) is 0 Å². The fourth-order valence-corrected chi connectivity index (χ4v) is 2.11. The molecule has 0 aromatic carbocycles. The number of halogens is 3. The monoisotopic (exact) mass is 247 g/mol. The summed E-state index contributed by atoms with van der Waals surface area (Å²) in [4.78, 5) is 2.20. The lowest BCUT2D eigenvalue weighted by molar-refractivity contribution is -0.0935. The molecule has 98 valence electrons. The summed E-state index contributed by atoms with van der Waals surface area (Å²) in [5.74, 6) is 0.344. The second kappa shape index (κ2) is 5.71. The van der Waals surface area contributed by atoms with Crippen LogP contribution in [-0.2, 0) is 0 Å². The van der Waals surface area contributed by atoms with Gasteiger partial charge in [-0.1, -0.05) is 31.6 Å². The zero-order chi connectivity index (χ0) is 13.1. The number of piperidine rings is 1. The van der Waals surface area contributed by atoms with Gasteiger partial charge in [0.2, 0.25) is 0 Å². The summed E-state index contributed by atoms with van der Waals surface area (Å²) in [5, 5.41) is 0. The summed E-state index contributed by atoms with van der Waals surface area (Å²) in [6.45, 7) is 5.45. The summed E-state index contributed by atoms with van der Waals surface area (Å²) < 4.78 is 37.6. The van der Waals surface area contributed by atoms with Gasteiger partial charge in [0.15, 0.2) is 0 Å². The number of hydrogen-bond donors (Lipinski definition) is 0. The highest BCUT2D eigenvalue weighted by atomic mass is 19.4. The van der Waals surface area contributed by atoms with Crippen molar-refractivity contribution < 1.29 is 13.2 Å². The predicted octanol–water partition coefficient (Wildman–Crippen LogP) is 3.78. The maximum absolute atomic E-state index is 12.5. The highest BCUT2D eigenvalue weighted by molar-refractivity contribution is 5.23. The Balaban J connectivity index is 2.78. The Morgan fingerprint density at radius 1 is 1.47 bits per heavy atom. The molecule has 1 aliphatic rings. The van der Waals surface area contributed by atoms with Crippen molar-refractivity contribution in [2.75, 3.05) is 20.1 Å². The molecule has 17 heavy (non-hydrogen) atoms. The third-order valence-corrected chi connectivity index (χ3v) is 3.24. The molecule has 1 saturated heterocycles. The molecule has 0 radical (unpaired) electrons. The topological polar surface area (TPSA) is 3.24 Å². The summed E-state index contributed by atoms with van der Waals surface area (Å²) in [5.41, 5.74) is 0.675. The minimum Gasteiger partial charge on any atom is -0.305 e. The lowest BCUT2D eigenvalue weighted by atomic mass is 9.93. The zero-order valence-corrected chi connectivity index (χ0v) is 10.6. The average Bonchev–Trinajstić information content (AvgIpc) is 2.19. The Morgan fingerprint density at radius 2 is 2.12 bits per heavy atom. The second-order valence-corrected chi connectivity index (χ2v) is 4.70. The highest BCUT2D eigenvalue weighted by Crippen LogP contribution is 2.29.